The number of benzene rings is 1. The fourth-order valence-electron chi connectivity index (χ4n) is 1.28. The number of carbonyl (C=O) groups is 1. The Hall–Kier alpha value is -1.40. The van der Waals surface area contributed by atoms with Crippen LogP contribution in [-0.4, -0.2) is 22.6 Å². The normalized spacial score (nSPS) is 12.0. The summed E-state index contributed by atoms with van der Waals surface area (Å²) in [4.78, 5) is 10.7. The van der Waals surface area contributed by atoms with E-state index in [2.05, 4.69) is 0 Å². The van der Waals surface area contributed by atoms with Crippen molar-refractivity contribution in [2.75, 3.05) is 0 Å². The third-order valence-corrected chi connectivity index (χ3v) is 2.11. The molecule has 17 heavy (non-hydrogen) atoms. The zero-order chi connectivity index (χ0) is 12.3. The van der Waals surface area contributed by atoms with Gasteiger partial charge in [-0.25, -0.2) is 13.6 Å². The van der Waals surface area contributed by atoms with Crippen molar-refractivity contribution in [3.63, 3.8) is 0 Å². The smallest absolute Gasteiger partial charge is 0.339 e. The van der Waals surface area contributed by atoms with Crippen LogP contribution in [0.1, 0.15) is 28.4 Å². The van der Waals surface area contributed by atoms with Gasteiger partial charge in [0.25, 0.3) is 0 Å². The van der Waals surface area contributed by atoms with E-state index in [9.17, 15) is 18.7 Å². The summed E-state index contributed by atoms with van der Waals surface area (Å²) < 4.78 is 24.1. The van der Waals surface area contributed by atoms with E-state index in [-0.39, 0.29) is 23.5 Å². The van der Waals surface area contributed by atoms with Gasteiger partial charge in [0.15, 0.2) is 0 Å². The van der Waals surface area contributed by atoms with Crippen molar-refractivity contribution in [2.45, 2.75) is 18.9 Å². The molecule has 4 nitrogen and oxygen atoms in total. The lowest BCUT2D eigenvalue weighted by molar-refractivity contribution is 0.0693. The molecule has 0 heterocycles. The van der Waals surface area contributed by atoms with E-state index in [0.717, 1.165) is 12.1 Å². The molecular formula is C10H12ClF2NO3. The second-order valence-electron chi connectivity index (χ2n) is 3.32. The maximum Gasteiger partial charge on any atom is 0.339 e. The number of hydrogen-bond donors (Lipinski definition) is 3. The molecule has 0 amide bonds. The summed E-state index contributed by atoms with van der Waals surface area (Å²) in [6, 6.07) is 2.61. The van der Waals surface area contributed by atoms with Crippen LogP contribution < -0.4 is 5.73 Å². The zero-order valence-corrected chi connectivity index (χ0v) is 9.45. The summed E-state index contributed by atoms with van der Waals surface area (Å²) in [5.74, 6) is -1.75. The van der Waals surface area contributed by atoms with E-state index in [4.69, 9.17) is 10.8 Å². The van der Waals surface area contributed by atoms with Crippen molar-refractivity contribution in [1.29, 1.82) is 0 Å². The molecule has 1 aromatic carbocycles. The van der Waals surface area contributed by atoms with E-state index < -0.39 is 30.6 Å². The summed E-state index contributed by atoms with van der Waals surface area (Å²) in [6.07, 6.45) is -3.11. The average molecular weight is 268 g/mol. The molecule has 0 spiro atoms. The maximum atomic E-state index is 12.1. The lowest BCUT2D eigenvalue weighted by atomic mass is 10.0. The Kier molecular flexibility index (Phi) is 5.84. The summed E-state index contributed by atoms with van der Waals surface area (Å²) in [5, 5.41) is 17.9. The third kappa shape index (κ3) is 4.16. The summed E-state index contributed by atoms with van der Waals surface area (Å²) >= 11 is 0. The number of nitrogens with two attached hydrogens (primary N) is 1. The van der Waals surface area contributed by atoms with E-state index in [1.165, 1.54) is 6.07 Å². The Balaban J connectivity index is 0.00000256. The highest BCUT2D eigenvalue weighted by atomic mass is 35.5. The van der Waals surface area contributed by atoms with Crippen LogP contribution in [-0.2, 0) is 0 Å². The lowest BCUT2D eigenvalue weighted by Crippen LogP contribution is -2.14. The SMILES string of the molecule is Cl.N[C@@H](CC(F)F)c1ccc(O)c(C(=O)O)c1. The Bertz CT molecular complexity index is 401. The summed E-state index contributed by atoms with van der Waals surface area (Å²) in [7, 11) is 0. The van der Waals surface area contributed by atoms with Crippen molar-refractivity contribution in [1.82, 2.24) is 0 Å². The predicted molar refractivity (Wildman–Crippen MR) is 59.9 cm³/mol. The van der Waals surface area contributed by atoms with Crippen LogP contribution in [0.4, 0.5) is 8.78 Å². The van der Waals surface area contributed by atoms with Crippen LogP contribution in [0.2, 0.25) is 0 Å². The number of alkyl halides is 2. The molecule has 96 valence electrons. The molecule has 4 N–H and O–H groups in total. The van der Waals surface area contributed by atoms with Crippen molar-refractivity contribution >= 4 is 18.4 Å². The Morgan fingerprint density at radius 1 is 1.41 bits per heavy atom. The van der Waals surface area contributed by atoms with E-state index >= 15 is 0 Å². The highest BCUT2D eigenvalue weighted by Gasteiger charge is 2.16. The van der Waals surface area contributed by atoms with Crippen molar-refractivity contribution in [3.8, 4) is 5.75 Å². The van der Waals surface area contributed by atoms with Gasteiger partial charge in [-0.05, 0) is 17.7 Å². The zero-order valence-electron chi connectivity index (χ0n) is 8.64. The number of halogens is 3. The van der Waals surface area contributed by atoms with Crippen LogP contribution >= 0.6 is 12.4 Å². The minimum absolute atomic E-state index is 0. The second-order valence-corrected chi connectivity index (χ2v) is 3.32. The third-order valence-electron chi connectivity index (χ3n) is 2.11. The van der Waals surface area contributed by atoms with Crippen molar-refractivity contribution in [2.24, 2.45) is 5.73 Å². The number of carboxylic acid groups (broad SMARTS) is 1. The maximum absolute atomic E-state index is 12.1. The average Bonchev–Trinajstić information content (AvgIpc) is 2.16. The van der Waals surface area contributed by atoms with Gasteiger partial charge in [-0.3, -0.25) is 0 Å². The molecule has 0 saturated heterocycles. The van der Waals surface area contributed by atoms with Crippen LogP contribution in [0.15, 0.2) is 18.2 Å². The molecule has 0 aliphatic rings. The van der Waals surface area contributed by atoms with Gasteiger partial charge < -0.3 is 15.9 Å². The van der Waals surface area contributed by atoms with Crippen LogP contribution in [0.3, 0.4) is 0 Å². The number of rotatable bonds is 4. The van der Waals surface area contributed by atoms with Crippen molar-refractivity contribution in [3.05, 3.63) is 29.3 Å². The standard InChI is InChI=1S/C10H11F2NO3.ClH/c11-9(12)4-7(13)5-1-2-8(14)6(3-5)10(15)16;/h1-3,7,9,14H,4,13H2,(H,15,16);1H/t7-;/m0./s1. The number of aromatic hydroxyl groups is 1. The van der Waals surface area contributed by atoms with Gasteiger partial charge >= 0.3 is 5.97 Å². The number of aromatic carboxylic acids is 1. The number of phenols is 1. The number of hydrogen-bond acceptors (Lipinski definition) is 3. The van der Waals surface area contributed by atoms with Gasteiger partial charge in [-0.2, -0.15) is 0 Å². The molecule has 7 heteroatoms. The van der Waals surface area contributed by atoms with Gasteiger partial charge in [-0.15, -0.1) is 12.4 Å². The lowest BCUT2D eigenvalue weighted by Gasteiger charge is -2.12. The van der Waals surface area contributed by atoms with Gasteiger partial charge in [0, 0.05) is 12.5 Å². The first-order valence-electron chi connectivity index (χ1n) is 4.51. The molecule has 1 rings (SSSR count). The largest absolute Gasteiger partial charge is 0.507 e. The van der Waals surface area contributed by atoms with E-state index in [1.54, 1.807) is 0 Å². The van der Waals surface area contributed by atoms with Crippen LogP contribution in [0, 0.1) is 0 Å². The van der Waals surface area contributed by atoms with Gasteiger partial charge in [0.2, 0.25) is 6.43 Å². The molecule has 1 aromatic rings. The van der Waals surface area contributed by atoms with Crippen LogP contribution in [0.25, 0.3) is 0 Å². The molecule has 0 unspecified atom stereocenters. The Labute approximate surface area is 102 Å². The summed E-state index contributed by atoms with van der Waals surface area (Å²) in [6.45, 7) is 0. The summed E-state index contributed by atoms with van der Waals surface area (Å²) in [5.41, 5.74) is 5.38. The second kappa shape index (κ2) is 6.36. The minimum Gasteiger partial charge on any atom is -0.507 e. The first kappa shape index (κ1) is 15.6. The molecule has 0 saturated carbocycles. The highest BCUT2D eigenvalue weighted by Crippen LogP contribution is 2.24. The van der Waals surface area contributed by atoms with Gasteiger partial charge in [-0.1, -0.05) is 6.07 Å². The Morgan fingerprint density at radius 3 is 2.47 bits per heavy atom. The fourth-order valence-corrected chi connectivity index (χ4v) is 1.28. The van der Waals surface area contributed by atoms with E-state index in [0.29, 0.717) is 0 Å². The predicted octanol–water partition coefficient (Wildman–Crippen LogP) is 2.17. The Morgan fingerprint density at radius 2 is 2.00 bits per heavy atom. The van der Waals surface area contributed by atoms with Gasteiger partial charge in [0.05, 0.1) is 0 Å². The van der Waals surface area contributed by atoms with Gasteiger partial charge in [0.1, 0.15) is 11.3 Å². The fraction of sp³-hybridized carbons (Fsp3) is 0.300. The first-order chi connectivity index (χ1) is 7.41. The molecule has 0 radical (unpaired) electrons. The van der Waals surface area contributed by atoms with Crippen molar-refractivity contribution < 1.29 is 23.8 Å². The van der Waals surface area contributed by atoms with Crippen LogP contribution in [0.5, 0.6) is 5.75 Å². The molecule has 1 atom stereocenters. The topological polar surface area (TPSA) is 83.5 Å². The molecule has 0 aromatic heterocycles. The molecule has 0 aliphatic heterocycles. The first-order valence-corrected chi connectivity index (χ1v) is 4.51. The number of carboxylic acids is 1. The minimum atomic E-state index is -2.56. The molecule has 0 bridgehead atoms. The molecule has 0 aliphatic carbocycles. The molecule has 0 fully saturated rings. The van der Waals surface area contributed by atoms with E-state index in [1.807, 2.05) is 0 Å². The molecular weight excluding hydrogens is 256 g/mol. The quantitative estimate of drug-likeness (QED) is 0.781. The monoisotopic (exact) mass is 267 g/mol. The highest BCUT2D eigenvalue weighted by molar-refractivity contribution is 5.90.